The molecule has 0 saturated carbocycles. The highest BCUT2D eigenvalue weighted by molar-refractivity contribution is 5.81. The van der Waals surface area contributed by atoms with Gasteiger partial charge in [-0.1, -0.05) is 0 Å². The predicted octanol–water partition coefficient (Wildman–Crippen LogP) is 0.476. The van der Waals surface area contributed by atoms with Gasteiger partial charge in [0.2, 0.25) is 5.91 Å². The van der Waals surface area contributed by atoms with E-state index in [0.717, 1.165) is 37.1 Å². The molecule has 1 aromatic heterocycles. The number of aromatic nitrogens is 2. The van der Waals surface area contributed by atoms with E-state index in [1.165, 1.54) is 0 Å². The predicted molar refractivity (Wildman–Crippen MR) is 60.8 cm³/mol. The van der Waals surface area contributed by atoms with E-state index in [4.69, 9.17) is 0 Å². The zero-order valence-electron chi connectivity index (χ0n) is 9.55. The van der Waals surface area contributed by atoms with Crippen LogP contribution in [-0.2, 0) is 11.3 Å². The van der Waals surface area contributed by atoms with Crippen molar-refractivity contribution in [2.45, 2.75) is 38.8 Å². The van der Waals surface area contributed by atoms with Crippen molar-refractivity contribution in [2.24, 2.45) is 0 Å². The lowest BCUT2D eigenvalue weighted by Crippen LogP contribution is -2.42. The van der Waals surface area contributed by atoms with Crippen LogP contribution in [0.3, 0.4) is 0 Å². The second kappa shape index (κ2) is 5.12. The number of rotatable bonds is 3. The molecule has 5 heteroatoms. The normalized spacial score (nSPS) is 21.6. The number of carbonyl (C=O) groups is 1. The molecular weight excluding hydrogens is 204 g/mol. The molecule has 1 aliphatic rings. The summed E-state index contributed by atoms with van der Waals surface area (Å²) in [6.45, 7) is 3.49. The first-order valence-electron chi connectivity index (χ1n) is 5.77. The van der Waals surface area contributed by atoms with E-state index in [9.17, 15) is 4.79 Å². The number of nitrogens with zero attached hydrogens (tertiary/aromatic N) is 1. The van der Waals surface area contributed by atoms with Gasteiger partial charge in [-0.25, -0.2) is 0 Å². The number of hydrogen-bond acceptors (Lipinski definition) is 3. The SMILES string of the molecule is Cc1[nH]ncc1CN[C@H]1CCCCNC1=O. The summed E-state index contributed by atoms with van der Waals surface area (Å²) in [4.78, 5) is 11.7. The Morgan fingerprint density at radius 3 is 3.19 bits per heavy atom. The lowest BCUT2D eigenvalue weighted by atomic mass is 10.1. The molecule has 2 rings (SSSR count). The van der Waals surface area contributed by atoms with Crippen LogP contribution in [0.4, 0.5) is 0 Å². The molecule has 0 bridgehead atoms. The topological polar surface area (TPSA) is 69.8 Å². The minimum absolute atomic E-state index is 0.0585. The first kappa shape index (κ1) is 11.1. The van der Waals surface area contributed by atoms with Gasteiger partial charge in [0.05, 0.1) is 12.2 Å². The Kier molecular flexibility index (Phi) is 3.56. The molecule has 3 N–H and O–H groups in total. The molecule has 1 aliphatic heterocycles. The number of amides is 1. The van der Waals surface area contributed by atoms with Crippen LogP contribution < -0.4 is 10.6 Å². The maximum atomic E-state index is 11.7. The first-order valence-corrected chi connectivity index (χ1v) is 5.77. The maximum Gasteiger partial charge on any atom is 0.237 e. The first-order chi connectivity index (χ1) is 7.77. The van der Waals surface area contributed by atoms with Gasteiger partial charge in [-0.2, -0.15) is 5.10 Å². The van der Waals surface area contributed by atoms with Gasteiger partial charge >= 0.3 is 0 Å². The van der Waals surface area contributed by atoms with Gasteiger partial charge in [-0.05, 0) is 26.2 Å². The van der Waals surface area contributed by atoms with Gasteiger partial charge in [0.25, 0.3) is 0 Å². The van der Waals surface area contributed by atoms with E-state index < -0.39 is 0 Å². The van der Waals surface area contributed by atoms with E-state index in [0.29, 0.717) is 6.54 Å². The average molecular weight is 222 g/mol. The van der Waals surface area contributed by atoms with Crippen molar-refractivity contribution >= 4 is 5.91 Å². The molecule has 0 aliphatic carbocycles. The van der Waals surface area contributed by atoms with Crippen LogP contribution in [-0.4, -0.2) is 28.7 Å². The molecule has 5 nitrogen and oxygen atoms in total. The van der Waals surface area contributed by atoms with Crippen molar-refractivity contribution in [3.8, 4) is 0 Å². The number of H-pyrrole nitrogens is 1. The zero-order valence-corrected chi connectivity index (χ0v) is 9.55. The smallest absolute Gasteiger partial charge is 0.237 e. The van der Waals surface area contributed by atoms with Crippen LogP contribution in [0.25, 0.3) is 0 Å². The van der Waals surface area contributed by atoms with E-state index in [1.807, 2.05) is 6.92 Å². The Hall–Kier alpha value is -1.36. The minimum atomic E-state index is -0.0585. The summed E-state index contributed by atoms with van der Waals surface area (Å²) in [7, 11) is 0. The summed E-state index contributed by atoms with van der Waals surface area (Å²) in [5.41, 5.74) is 2.18. The van der Waals surface area contributed by atoms with Gasteiger partial charge < -0.3 is 10.6 Å². The molecule has 0 aromatic carbocycles. The summed E-state index contributed by atoms with van der Waals surface area (Å²) < 4.78 is 0. The van der Waals surface area contributed by atoms with Crippen molar-refractivity contribution in [1.82, 2.24) is 20.8 Å². The van der Waals surface area contributed by atoms with Crippen LogP contribution in [0.2, 0.25) is 0 Å². The Morgan fingerprint density at radius 1 is 1.56 bits per heavy atom. The summed E-state index contributed by atoms with van der Waals surface area (Å²) in [6, 6.07) is -0.0585. The fourth-order valence-corrected chi connectivity index (χ4v) is 1.92. The minimum Gasteiger partial charge on any atom is -0.355 e. The molecule has 0 spiro atoms. The number of carbonyl (C=O) groups excluding carboxylic acids is 1. The van der Waals surface area contributed by atoms with Crippen LogP contribution in [0.15, 0.2) is 6.20 Å². The fourth-order valence-electron chi connectivity index (χ4n) is 1.92. The lowest BCUT2D eigenvalue weighted by Gasteiger charge is -2.14. The Balaban J connectivity index is 1.89. The summed E-state index contributed by atoms with van der Waals surface area (Å²) >= 11 is 0. The van der Waals surface area contributed by atoms with Gasteiger partial charge in [0, 0.05) is 24.3 Å². The summed E-state index contributed by atoms with van der Waals surface area (Å²) in [5.74, 6) is 0.124. The van der Waals surface area contributed by atoms with E-state index in [-0.39, 0.29) is 11.9 Å². The third kappa shape index (κ3) is 2.61. The number of nitrogens with one attached hydrogen (secondary N) is 3. The molecule has 1 saturated heterocycles. The standard InChI is InChI=1S/C11H18N4O/c1-8-9(7-14-15-8)6-13-10-4-2-3-5-12-11(10)16/h7,10,13H,2-6H2,1H3,(H,12,16)(H,14,15)/t10-/m0/s1. The maximum absolute atomic E-state index is 11.7. The second-order valence-electron chi connectivity index (χ2n) is 4.24. The van der Waals surface area contributed by atoms with Gasteiger partial charge in [-0.15, -0.1) is 0 Å². The highest BCUT2D eigenvalue weighted by atomic mass is 16.2. The molecule has 1 fully saturated rings. The van der Waals surface area contributed by atoms with E-state index >= 15 is 0 Å². The van der Waals surface area contributed by atoms with Crippen molar-refractivity contribution in [3.63, 3.8) is 0 Å². The third-order valence-electron chi connectivity index (χ3n) is 3.01. The monoisotopic (exact) mass is 222 g/mol. The highest BCUT2D eigenvalue weighted by Gasteiger charge is 2.19. The summed E-state index contributed by atoms with van der Waals surface area (Å²) in [6.07, 6.45) is 4.90. The van der Waals surface area contributed by atoms with Crippen molar-refractivity contribution < 1.29 is 4.79 Å². The van der Waals surface area contributed by atoms with Crippen LogP contribution in [0.5, 0.6) is 0 Å². The summed E-state index contributed by atoms with van der Waals surface area (Å²) in [5, 5.41) is 13.0. The van der Waals surface area contributed by atoms with Crippen LogP contribution in [0.1, 0.15) is 30.5 Å². The van der Waals surface area contributed by atoms with Gasteiger partial charge in [-0.3, -0.25) is 9.89 Å². The van der Waals surface area contributed by atoms with Gasteiger partial charge in [0.1, 0.15) is 0 Å². The molecule has 1 amide bonds. The molecule has 0 radical (unpaired) electrons. The number of aryl methyl sites for hydroxylation is 1. The van der Waals surface area contributed by atoms with Gasteiger partial charge in [0.15, 0.2) is 0 Å². The Labute approximate surface area is 95.0 Å². The van der Waals surface area contributed by atoms with E-state index in [2.05, 4.69) is 20.8 Å². The Morgan fingerprint density at radius 2 is 2.44 bits per heavy atom. The molecule has 88 valence electrons. The largest absolute Gasteiger partial charge is 0.355 e. The molecule has 0 unspecified atom stereocenters. The van der Waals surface area contributed by atoms with Crippen LogP contribution >= 0.6 is 0 Å². The third-order valence-corrected chi connectivity index (χ3v) is 3.01. The number of aromatic amines is 1. The quantitative estimate of drug-likeness (QED) is 0.696. The molecule has 1 aromatic rings. The molecule has 1 atom stereocenters. The van der Waals surface area contributed by atoms with E-state index in [1.54, 1.807) is 6.20 Å². The molecule has 16 heavy (non-hydrogen) atoms. The van der Waals surface area contributed by atoms with Crippen molar-refractivity contribution in [2.75, 3.05) is 6.54 Å². The fraction of sp³-hybridized carbons (Fsp3) is 0.636. The van der Waals surface area contributed by atoms with Crippen molar-refractivity contribution in [3.05, 3.63) is 17.5 Å². The highest BCUT2D eigenvalue weighted by Crippen LogP contribution is 2.07. The van der Waals surface area contributed by atoms with Crippen molar-refractivity contribution in [1.29, 1.82) is 0 Å². The second-order valence-corrected chi connectivity index (χ2v) is 4.24. The molecular formula is C11H18N4O. The number of hydrogen-bond donors (Lipinski definition) is 3. The Bertz CT molecular complexity index is 361. The zero-order chi connectivity index (χ0) is 11.4. The average Bonchev–Trinajstić information content (AvgIpc) is 2.56. The van der Waals surface area contributed by atoms with Crippen LogP contribution in [0, 0.1) is 6.92 Å². The molecule has 2 heterocycles. The lowest BCUT2D eigenvalue weighted by molar-refractivity contribution is -0.122.